The normalized spacial score (nSPS) is 17.1. The minimum absolute atomic E-state index is 0.00176. The van der Waals surface area contributed by atoms with Crippen LogP contribution in [0.4, 0.5) is 4.79 Å². The molecule has 0 bridgehead atoms. The van der Waals surface area contributed by atoms with Crippen molar-refractivity contribution in [1.29, 1.82) is 0 Å². The molecule has 1 atom stereocenters. The average Bonchev–Trinajstić information content (AvgIpc) is 2.89. The molecule has 4 N–H and O–H groups in total. The topological polar surface area (TPSA) is 108 Å². The minimum Gasteiger partial charge on any atom is -0.478 e. The Morgan fingerprint density at radius 1 is 1.24 bits per heavy atom. The van der Waals surface area contributed by atoms with Gasteiger partial charge in [0.1, 0.15) is 0 Å². The fourth-order valence-electron chi connectivity index (χ4n) is 2.06. The van der Waals surface area contributed by atoms with Crippen molar-refractivity contribution in [2.75, 3.05) is 6.54 Å². The molecule has 0 radical (unpaired) electrons. The molecule has 3 amide bonds. The molecule has 21 heavy (non-hydrogen) atoms. The molecule has 1 aliphatic heterocycles. The van der Waals surface area contributed by atoms with Gasteiger partial charge in [-0.15, -0.1) is 0 Å². The Bertz CT molecular complexity index is 542. The van der Waals surface area contributed by atoms with Gasteiger partial charge in [-0.25, -0.2) is 9.59 Å². The van der Waals surface area contributed by atoms with Gasteiger partial charge in [0, 0.05) is 25.6 Å². The fourth-order valence-corrected chi connectivity index (χ4v) is 2.06. The van der Waals surface area contributed by atoms with Crippen LogP contribution in [-0.4, -0.2) is 35.6 Å². The zero-order valence-electron chi connectivity index (χ0n) is 11.4. The Hall–Kier alpha value is -2.57. The van der Waals surface area contributed by atoms with Crippen LogP contribution in [0.5, 0.6) is 0 Å². The molecule has 0 aromatic heterocycles. The third kappa shape index (κ3) is 4.48. The number of carbonyl (C=O) groups excluding carboxylic acids is 2. The van der Waals surface area contributed by atoms with Crippen LogP contribution in [0, 0.1) is 0 Å². The van der Waals surface area contributed by atoms with Gasteiger partial charge in [0.25, 0.3) is 0 Å². The highest BCUT2D eigenvalue weighted by molar-refractivity contribution is 5.87. The molecule has 1 heterocycles. The summed E-state index contributed by atoms with van der Waals surface area (Å²) in [5.41, 5.74) is 1.02. The number of carboxylic acid groups (broad SMARTS) is 1. The highest BCUT2D eigenvalue weighted by Gasteiger charge is 2.20. The van der Waals surface area contributed by atoms with Crippen LogP contribution < -0.4 is 16.0 Å². The molecular weight excluding hydrogens is 274 g/mol. The number of amides is 3. The van der Waals surface area contributed by atoms with E-state index >= 15 is 0 Å². The van der Waals surface area contributed by atoms with E-state index in [0.717, 1.165) is 12.0 Å². The summed E-state index contributed by atoms with van der Waals surface area (Å²) < 4.78 is 0. The van der Waals surface area contributed by atoms with Gasteiger partial charge in [-0.3, -0.25) is 4.79 Å². The Labute approximate surface area is 121 Å². The van der Waals surface area contributed by atoms with E-state index < -0.39 is 5.97 Å². The maximum absolute atomic E-state index is 11.6. The Balaban J connectivity index is 1.71. The first-order chi connectivity index (χ1) is 10.0. The molecular formula is C14H17N3O4. The molecule has 2 rings (SSSR count). The van der Waals surface area contributed by atoms with Crippen molar-refractivity contribution in [2.24, 2.45) is 0 Å². The molecule has 1 saturated heterocycles. The molecule has 0 saturated carbocycles. The van der Waals surface area contributed by atoms with Gasteiger partial charge in [-0.05, 0) is 24.1 Å². The van der Waals surface area contributed by atoms with Crippen LogP contribution in [0.3, 0.4) is 0 Å². The summed E-state index contributed by atoms with van der Waals surface area (Å²) in [4.78, 5) is 33.3. The molecule has 7 heteroatoms. The van der Waals surface area contributed by atoms with Gasteiger partial charge >= 0.3 is 12.0 Å². The van der Waals surface area contributed by atoms with Crippen molar-refractivity contribution in [1.82, 2.24) is 16.0 Å². The van der Waals surface area contributed by atoms with Crippen LogP contribution in [0.2, 0.25) is 0 Å². The fraction of sp³-hybridized carbons (Fsp3) is 0.357. The summed E-state index contributed by atoms with van der Waals surface area (Å²) in [5, 5.41) is 16.9. The van der Waals surface area contributed by atoms with E-state index in [2.05, 4.69) is 16.0 Å². The summed E-state index contributed by atoms with van der Waals surface area (Å²) in [6, 6.07) is 5.97. The maximum atomic E-state index is 11.6. The molecule has 0 aliphatic carbocycles. The molecule has 1 aromatic carbocycles. The highest BCUT2D eigenvalue weighted by Crippen LogP contribution is 2.05. The van der Waals surface area contributed by atoms with E-state index in [-0.39, 0.29) is 23.5 Å². The number of aromatic carboxylic acids is 1. The summed E-state index contributed by atoms with van der Waals surface area (Å²) in [6.07, 6.45) is 1.24. The molecule has 7 nitrogen and oxygen atoms in total. The van der Waals surface area contributed by atoms with Gasteiger partial charge in [0.2, 0.25) is 5.91 Å². The van der Waals surface area contributed by atoms with Crippen molar-refractivity contribution in [3.05, 3.63) is 35.4 Å². The number of carbonyl (C=O) groups is 3. The summed E-state index contributed by atoms with van der Waals surface area (Å²) >= 11 is 0. The van der Waals surface area contributed by atoms with E-state index in [1.165, 1.54) is 12.1 Å². The number of hydrogen-bond donors (Lipinski definition) is 4. The zero-order chi connectivity index (χ0) is 15.2. The van der Waals surface area contributed by atoms with Crippen molar-refractivity contribution in [3.63, 3.8) is 0 Å². The monoisotopic (exact) mass is 291 g/mol. The summed E-state index contributed by atoms with van der Waals surface area (Å²) in [7, 11) is 0. The molecule has 112 valence electrons. The summed E-state index contributed by atoms with van der Waals surface area (Å²) in [5.74, 6) is -0.966. The van der Waals surface area contributed by atoms with Crippen LogP contribution in [0.25, 0.3) is 0 Å². The molecule has 0 spiro atoms. The second kappa shape index (κ2) is 6.74. The van der Waals surface area contributed by atoms with Gasteiger partial charge in [-0.1, -0.05) is 12.1 Å². The lowest BCUT2D eigenvalue weighted by atomic mass is 10.1. The first kappa shape index (κ1) is 14.8. The number of nitrogens with one attached hydrogen (secondary N) is 3. The quantitative estimate of drug-likeness (QED) is 0.632. The smallest absolute Gasteiger partial charge is 0.335 e. The highest BCUT2D eigenvalue weighted by atomic mass is 16.4. The van der Waals surface area contributed by atoms with E-state index in [1.54, 1.807) is 12.1 Å². The van der Waals surface area contributed by atoms with Crippen LogP contribution in [-0.2, 0) is 11.3 Å². The summed E-state index contributed by atoms with van der Waals surface area (Å²) in [6.45, 7) is 0.707. The first-order valence-electron chi connectivity index (χ1n) is 6.68. The predicted octanol–water partition coefficient (Wildman–Crippen LogP) is 0.463. The lowest BCUT2D eigenvalue weighted by molar-refractivity contribution is -0.119. The number of rotatable bonds is 5. The Kier molecular flexibility index (Phi) is 4.76. The number of benzene rings is 1. The standard InChI is InChI=1S/C14H17N3O4/c18-12-6-5-11(17-12)8-16-14(21)15-7-9-1-3-10(4-2-9)13(19)20/h1-4,11H,5-8H2,(H,17,18)(H,19,20)(H2,15,16,21). The van der Waals surface area contributed by atoms with Crippen molar-refractivity contribution < 1.29 is 19.5 Å². The van der Waals surface area contributed by atoms with Crippen LogP contribution in [0.15, 0.2) is 24.3 Å². The molecule has 1 aromatic rings. The molecule has 1 fully saturated rings. The minimum atomic E-state index is -0.981. The maximum Gasteiger partial charge on any atom is 0.335 e. The number of urea groups is 1. The molecule has 1 aliphatic rings. The predicted molar refractivity (Wildman–Crippen MR) is 74.8 cm³/mol. The largest absolute Gasteiger partial charge is 0.478 e. The van der Waals surface area contributed by atoms with Gasteiger partial charge in [0.15, 0.2) is 0 Å². The van der Waals surface area contributed by atoms with E-state index in [4.69, 9.17) is 5.11 Å². The van der Waals surface area contributed by atoms with Crippen molar-refractivity contribution in [2.45, 2.75) is 25.4 Å². The lowest BCUT2D eigenvalue weighted by Crippen LogP contribution is -2.42. The first-order valence-corrected chi connectivity index (χ1v) is 6.68. The van der Waals surface area contributed by atoms with Crippen molar-refractivity contribution in [3.8, 4) is 0 Å². The third-order valence-electron chi connectivity index (χ3n) is 3.25. The Morgan fingerprint density at radius 2 is 1.95 bits per heavy atom. The second-order valence-corrected chi connectivity index (χ2v) is 4.87. The van der Waals surface area contributed by atoms with E-state index in [1.807, 2.05) is 0 Å². The third-order valence-corrected chi connectivity index (χ3v) is 3.25. The second-order valence-electron chi connectivity index (χ2n) is 4.87. The van der Waals surface area contributed by atoms with Crippen LogP contribution >= 0.6 is 0 Å². The number of carboxylic acids is 1. The SMILES string of the molecule is O=C1CCC(CNC(=O)NCc2ccc(C(=O)O)cc2)N1. The average molecular weight is 291 g/mol. The van der Waals surface area contributed by atoms with Crippen LogP contribution in [0.1, 0.15) is 28.8 Å². The van der Waals surface area contributed by atoms with Gasteiger partial charge in [-0.2, -0.15) is 0 Å². The number of hydrogen-bond acceptors (Lipinski definition) is 3. The van der Waals surface area contributed by atoms with Crippen molar-refractivity contribution >= 4 is 17.9 Å². The lowest BCUT2D eigenvalue weighted by Gasteiger charge is -2.12. The Morgan fingerprint density at radius 3 is 2.52 bits per heavy atom. The van der Waals surface area contributed by atoms with Gasteiger partial charge in [0.05, 0.1) is 5.56 Å². The molecule has 1 unspecified atom stereocenters. The van der Waals surface area contributed by atoms with E-state index in [0.29, 0.717) is 19.5 Å². The van der Waals surface area contributed by atoms with Gasteiger partial charge < -0.3 is 21.1 Å². The van der Waals surface area contributed by atoms with E-state index in [9.17, 15) is 14.4 Å². The zero-order valence-corrected chi connectivity index (χ0v) is 11.4.